The number of hydrogen-bond donors (Lipinski definition) is 1. The van der Waals surface area contributed by atoms with Crippen LogP contribution in [0.5, 0.6) is 0 Å². The summed E-state index contributed by atoms with van der Waals surface area (Å²) in [7, 11) is 2.18. The molecule has 3 unspecified atom stereocenters. The Kier molecular flexibility index (Phi) is 5.16. The van der Waals surface area contributed by atoms with Crippen LogP contribution in [0.1, 0.15) is 52.9 Å². The molecule has 3 aliphatic rings. The SMILES string of the molecule is CC(CNC(=O)N1CCC2CCC(C1)N2C(C)C)N(C)C1CC1. The van der Waals surface area contributed by atoms with Crippen molar-refractivity contribution in [3.8, 4) is 0 Å². The van der Waals surface area contributed by atoms with Crippen LogP contribution in [0.3, 0.4) is 0 Å². The van der Waals surface area contributed by atoms with Crippen LogP contribution in [-0.2, 0) is 0 Å². The van der Waals surface area contributed by atoms with E-state index in [4.69, 9.17) is 0 Å². The Hall–Kier alpha value is -0.810. The number of fused-ring (bicyclic) bond motifs is 2. The maximum absolute atomic E-state index is 12.6. The number of nitrogens with one attached hydrogen (secondary N) is 1. The van der Waals surface area contributed by atoms with Gasteiger partial charge in [0.15, 0.2) is 0 Å². The van der Waals surface area contributed by atoms with Crippen molar-refractivity contribution in [3.63, 3.8) is 0 Å². The largest absolute Gasteiger partial charge is 0.336 e. The summed E-state index contributed by atoms with van der Waals surface area (Å²) in [5.41, 5.74) is 0. The van der Waals surface area contributed by atoms with Gasteiger partial charge in [-0.3, -0.25) is 9.80 Å². The van der Waals surface area contributed by atoms with Crippen molar-refractivity contribution in [3.05, 3.63) is 0 Å². The molecule has 2 heterocycles. The third-order valence-electron chi connectivity index (χ3n) is 6.09. The van der Waals surface area contributed by atoms with Crippen molar-refractivity contribution in [1.29, 1.82) is 0 Å². The van der Waals surface area contributed by atoms with Gasteiger partial charge in [0.1, 0.15) is 0 Å². The lowest BCUT2D eigenvalue weighted by molar-refractivity contribution is 0.146. The lowest BCUT2D eigenvalue weighted by Crippen LogP contribution is -2.49. The molecule has 2 aliphatic heterocycles. The van der Waals surface area contributed by atoms with Gasteiger partial charge < -0.3 is 10.2 Å². The summed E-state index contributed by atoms with van der Waals surface area (Å²) >= 11 is 0. The molecule has 23 heavy (non-hydrogen) atoms. The lowest BCUT2D eigenvalue weighted by Gasteiger charge is -2.32. The summed E-state index contributed by atoms with van der Waals surface area (Å²) in [6.45, 7) is 9.34. The number of likely N-dealkylation sites (N-methyl/N-ethyl adjacent to an activating group) is 1. The first-order valence-electron chi connectivity index (χ1n) is 9.49. The monoisotopic (exact) mass is 322 g/mol. The van der Waals surface area contributed by atoms with Gasteiger partial charge in [-0.25, -0.2) is 4.79 Å². The van der Waals surface area contributed by atoms with Gasteiger partial charge in [0.25, 0.3) is 0 Å². The molecule has 0 radical (unpaired) electrons. The van der Waals surface area contributed by atoms with E-state index in [1.54, 1.807) is 0 Å². The summed E-state index contributed by atoms with van der Waals surface area (Å²) in [5.74, 6) is 0. The highest BCUT2D eigenvalue weighted by atomic mass is 16.2. The van der Waals surface area contributed by atoms with Crippen LogP contribution in [0, 0.1) is 0 Å². The smallest absolute Gasteiger partial charge is 0.317 e. The zero-order valence-electron chi connectivity index (χ0n) is 15.3. The first kappa shape index (κ1) is 17.0. The molecule has 5 heteroatoms. The maximum Gasteiger partial charge on any atom is 0.317 e. The second-order valence-corrected chi connectivity index (χ2v) is 8.09. The van der Waals surface area contributed by atoms with Crippen LogP contribution in [0.15, 0.2) is 0 Å². The first-order chi connectivity index (χ1) is 11.0. The fourth-order valence-corrected chi connectivity index (χ4v) is 4.47. The minimum absolute atomic E-state index is 0.136. The van der Waals surface area contributed by atoms with Crippen molar-refractivity contribution in [2.75, 3.05) is 26.7 Å². The molecule has 3 rings (SSSR count). The highest BCUT2D eigenvalue weighted by Gasteiger charge is 2.39. The minimum Gasteiger partial charge on any atom is -0.336 e. The number of carbonyl (C=O) groups is 1. The second kappa shape index (κ2) is 6.98. The van der Waals surface area contributed by atoms with Crippen molar-refractivity contribution in [2.24, 2.45) is 0 Å². The number of nitrogens with zero attached hydrogens (tertiary/aromatic N) is 3. The molecule has 3 atom stereocenters. The van der Waals surface area contributed by atoms with E-state index in [0.717, 1.165) is 32.1 Å². The first-order valence-corrected chi connectivity index (χ1v) is 9.49. The molecule has 1 N–H and O–H groups in total. The Morgan fingerprint density at radius 2 is 1.83 bits per heavy atom. The maximum atomic E-state index is 12.6. The molecule has 1 aliphatic carbocycles. The van der Waals surface area contributed by atoms with E-state index in [-0.39, 0.29) is 6.03 Å². The molecule has 0 aromatic rings. The molecular formula is C18H34N4O. The third kappa shape index (κ3) is 3.82. The predicted octanol–water partition coefficient (Wildman–Crippen LogP) is 2.13. The quantitative estimate of drug-likeness (QED) is 0.843. The molecule has 0 aromatic heterocycles. The van der Waals surface area contributed by atoms with Crippen molar-refractivity contribution < 1.29 is 4.79 Å². The van der Waals surface area contributed by atoms with Gasteiger partial charge in [0.05, 0.1) is 0 Å². The average molecular weight is 322 g/mol. The van der Waals surface area contributed by atoms with E-state index in [0.29, 0.717) is 24.2 Å². The summed E-state index contributed by atoms with van der Waals surface area (Å²) in [4.78, 5) is 19.7. The predicted molar refractivity (Wildman–Crippen MR) is 93.6 cm³/mol. The number of urea groups is 1. The van der Waals surface area contributed by atoms with E-state index < -0.39 is 0 Å². The van der Waals surface area contributed by atoms with Crippen LogP contribution in [0.25, 0.3) is 0 Å². The zero-order valence-corrected chi connectivity index (χ0v) is 15.3. The number of amides is 2. The van der Waals surface area contributed by atoms with E-state index in [1.807, 2.05) is 0 Å². The molecule has 2 amide bonds. The van der Waals surface area contributed by atoms with E-state index >= 15 is 0 Å². The van der Waals surface area contributed by atoms with Gasteiger partial charge in [0, 0.05) is 49.8 Å². The average Bonchev–Trinajstić information content (AvgIpc) is 3.28. The fourth-order valence-electron chi connectivity index (χ4n) is 4.47. The summed E-state index contributed by atoms with van der Waals surface area (Å²) in [6, 6.07) is 3.12. The molecule has 0 aromatic carbocycles. The molecule has 2 bridgehead atoms. The summed E-state index contributed by atoms with van der Waals surface area (Å²) < 4.78 is 0. The van der Waals surface area contributed by atoms with Crippen molar-refractivity contribution >= 4 is 6.03 Å². The van der Waals surface area contributed by atoms with Gasteiger partial charge >= 0.3 is 6.03 Å². The Morgan fingerprint density at radius 1 is 1.13 bits per heavy atom. The Labute approximate surface area is 141 Å². The summed E-state index contributed by atoms with van der Waals surface area (Å²) in [5, 5.41) is 3.17. The van der Waals surface area contributed by atoms with Crippen molar-refractivity contribution in [2.45, 2.75) is 83.1 Å². The second-order valence-electron chi connectivity index (χ2n) is 8.09. The molecule has 3 fully saturated rings. The zero-order chi connectivity index (χ0) is 16.6. The summed E-state index contributed by atoms with van der Waals surface area (Å²) in [6.07, 6.45) is 6.30. The molecule has 1 saturated carbocycles. The molecule has 0 spiro atoms. The van der Waals surface area contributed by atoms with Crippen LogP contribution in [-0.4, -0.2) is 77.6 Å². The highest BCUT2D eigenvalue weighted by Crippen LogP contribution is 2.32. The van der Waals surface area contributed by atoms with Crippen LogP contribution < -0.4 is 5.32 Å². The van der Waals surface area contributed by atoms with Gasteiger partial charge in [-0.15, -0.1) is 0 Å². The number of carbonyl (C=O) groups excluding carboxylic acids is 1. The lowest BCUT2D eigenvalue weighted by atomic mass is 10.1. The van der Waals surface area contributed by atoms with E-state index in [9.17, 15) is 4.79 Å². The van der Waals surface area contributed by atoms with Crippen molar-refractivity contribution in [1.82, 2.24) is 20.0 Å². The number of likely N-dealkylation sites (tertiary alicyclic amines) is 1. The fraction of sp³-hybridized carbons (Fsp3) is 0.944. The van der Waals surface area contributed by atoms with Gasteiger partial charge in [-0.2, -0.15) is 0 Å². The molecule has 2 saturated heterocycles. The molecule has 132 valence electrons. The van der Waals surface area contributed by atoms with Crippen LogP contribution in [0.2, 0.25) is 0 Å². The van der Waals surface area contributed by atoms with Crippen LogP contribution >= 0.6 is 0 Å². The van der Waals surface area contributed by atoms with E-state index in [1.165, 1.54) is 25.7 Å². The standard InChI is InChI=1S/C18H34N4O/c1-13(2)22-16-7-8-17(22)12-21(10-9-16)18(23)19-11-14(3)20(4)15-5-6-15/h13-17H,5-12H2,1-4H3,(H,19,23). The van der Waals surface area contributed by atoms with Gasteiger partial charge in [-0.1, -0.05) is 0 Å². The normalized spacial score (nSPS) is 29.9. The third-order valence-corrected chi connectivity index (χ3v) is 6.09. The topological polar surface area (TPSA) is 38.8 Å². The Balaban J connectivity index is 1.50. The van der Waals surface area contributed by atoms with E-state index in [2.05, 4.69) is 47.8 Å². The number of rotatable bonds is 5. The Morgan fingerprint density at radius 3 is 2.48 bits per heavy atom. The van der Waals surface area contributed by atoms with Gasteiger partial charge in [-0.05, 0) is 59.9 Å². The number of hydrogen-bond acceptors (Lipinski definition) is 3. The van der Waals surface area contributed by atoms with Crippen LogP contribution in [0.4, 0.5) is 4.79 Å². The Bertz CT molecular complexity index is 423. The minimum atomic E-state index is 0.136. The highest BCUT2D eigenvalue weighted by molar-refractivity contribution is 5.74. The van der Waals surface area contributed by atoms with Gasteiger partial charge in [0.2, 0.25) is 0 Å². The molecular weight excluding hydrogens is 288 g/mol. The molecule has 5 nitrogen and oxygen atoms in total.